The molecule has 0 radical (unpaired) electrons. The number of carbonyl (C=O) groups is 2. The van der Waals surface area contributed by atoms with Gasteiger partial charge in [0.2, 0.25) is 17.8 Å². The first-order valence-electron chi connectivity index (χ1n) is 9.67. The van der Waals surface area contributed by atoms with Gasteiger partial charge < -0.3 is 14.7 Å². The standard InChI is InChI=1S/C21H27N5O2/c1-4-18-8-5-7-16(2)20(18)26(17(3)27)15-19(28)24-11-13-25(14-12-24)21-22-9-6-10-23-21/h5-10H,4,11-15H2,1-3H3. The summed E-state index contributed by atoms with van der Waals surface area (Å²) in [5.41, 5.74) is 2.95. The molecule has 7 nitrogen and oxygen atoms in total. The van der Waals surface area contributed by atoms with Crippen molar-refractivity contribution in [3.05, 3.63) is 47.8 Å². The highest BCUT2D eigenvalue weighted by Gasteiger charge is 2.26. The van der Waals surface area contributed by atoms with Crippen LogP contribution in [0, 0.1) is 6.92 Å². The first kappa shape index (κ1) is 19.8. The van der Waals surface area contributed by atoms with Crippen LogP contribution >= 0.6 is 0 Å². The summed E-state index contributed by atoms with van der Waals surface area (Å²) >= 11 is 0. The quantitative estimate of drug-likeness (QED) is 0.793. The average Bonchev–Trinajstić information content (AvgIpc) is 2.72. The number of hydrogen-bond acceptors (Lipinski definition) is 5. The monoisotopic (exact) mass is 381 g/mol. The molecule has 1 aliphatic heterocycles. The van der Waals surface area contributed by atoms with Gasteiger partial charge in [-0.3, -0.25) is 9.59 Å². The summed E-state index contributed by atoms with van der Waals surface area (Å²) in [6.45, 7) is 8.17. The number of benzene rings is 1. The predicted molar refractivity (Wildman–Crippen MR) is 109 cm³/mol. The van der Waals surface area contributed by atoms with E-state index >= 15 is 0 Å². The summed E-state index contributed by atoms with van der Waals surface area (Å²) in [4.78, 5) is 39.3. The zero-order valence-electron chi connectivity index (χ0n) is 16.8. The van der Waals surface area contributed by atoms with Crippen molar-refractivity contribution in [2.45, 2.75) is 27.2 Å². The number of hydrogen-bond donors (Lipinski definition) is 0. The Balaban J connectivity index is 1.69. The van der Waals surface area contributed by atoms with E-state index in [1.54, 1.807) is 23.4 Å². The Hall–Kier alpha value is -2.96. The van der Waals surface area contributed by atoms with Crippen LogP contribution in [0.4, 0.5) is 11.6 Å². The zero-order valence-corrected chi connectivity index (χ0v) is 16.8. The minimum Gasteiger partial charge on any atom is -0.338 e. The van der Waals surface area contributed by atoms with Gasteiger partial charge in [-0.25, -0.2) is 9.97 Å². The van der Waals surface area contributed by atoms with Crippen LogP contribution in [-0.4, -0.2) is 59.4 Å². The van der Waals surface area contributed by atoms with Crippen LogP contribution in [0.5, 0.6) is 0 Å². The summed E-state index contributed by atoms with van der Waals surface area (Å²) in [6.07, 6.45) is 4.25. The lowest BCUT2D eigenvalue weighted by Crippen LogP contribution is -2.52. The average molecular weight is 381 g/mol. The number of nitrogens with zero attached hydrogens (tertiary/aromatic N) is 5. The second kappa shape index (κ2) is 8.82. The Labute approximate surface area is 166 Å². The molecule has 1 fully saturated rings. The number of aromatic nitrogens is 2. The highest BCUT2D eigenvalue weighted by Crippen LogP contribution is 2.26. The smallest absolute Gasteiger partial charge is 0.242 e. The third-order valence-corrected chi connectivity index (χ3v) is 5.11. The molecular formula is C21H27N5O2. The first-order valence-corrected chi connectivity index (χ1v) is 9.67. The fraction of sp³-hybridized carbons (Fsp3) is 0.429. The first-order chi connectivity index (χ1) is 13.5. The molecule has 0 N–H and O–H groups in total. The van der Waals surface area contributed by atoms with E-state index in [0.29, 0.717) is 32.1 Å². The summed E-state index contributed by atoms with van der Waals surface area (Å²) in [5.74, 6) is 0.537. The van der Waals surface area contributed by atoms with E-state index in [1.807, 2.05) is 30.0 Å². The van der Waals surface area contributed by atoms with Gasteiger partial charge in [0.1, 0.15) is 6.54 Å². The molecule has 3 rings (SSSR count). The molecule has 0 spiro atoms. The van der Waals surface area contributed by atoms with Crippen LogP contribution in [0.3, 0.4) is 0 Å². The number of rotatable bonds is 5. The topological polar surface area (TPSA) is 69.6 Å². The van der Waals surface area contributed by atoms with Gasteiger partial charge in [0, 0.05) is 45.5 Å². The summed E-state index contributed by atoms with van der Waals surface area (Å²) in [6, 6.07) is 7.77. The van der Waals surface area contributed by atoms with Crippen molar-refractivity contribution >= 4 is 23.5 Å². The maximum absolute atomic E-state index is 12.9. The van der Waals surface area contributed by atoms with Gasteiger partial charge in [0.25, 0.3) is 0 Å². The van der Waals surface area contributed by atoms with E-state index in [0.717, 1.165) is 23.2 Å². The molecule has 2 amide bonds. The normalized spacial score (nSPS) is 14.1. The van der Waals surface area contributed by atoms with Crippen LogP contribution in [0.15, 0.2) is 36.7 Å². The van der Waals surface area contributed by atoms with Gasteiger partial charge in [0.15, 0.2) is 0 Å². The van der Waals surface area contributed by atoms with E-state index in [4.69, 9.17) is 0 Å². The molecule has 0 unspecified atom stereocenters. The molecule has 28 heavy (non-hydrogen) atoms. The molecule has 0 atom stereocenters. The van der Waals surface area contributed by atoms with Crippen molar-refractivity contribution in [2.75, 3.05) is 42.5 Å². The molecule has 0 saturated carbocycles. The molecule has 2 heterocycles. The Morgan fingerprint density at radius 3 is 2.36 bits per heavy atom. The van der Waals surface area contributed by atoms with E-state index in [9.17, 15) is 9.59 Å². The second-order valence-electron chi connectivity index (χ2n) is 6.96. The molecule has 1 aromatic carbocycles. The molecule has 0 bridgehead atoms. The fourth-order valence-electron chi connectivity index (χ4n) is 3.58. The van der Waals surface area contributed by atoms with Crippen molar-refractivity contribution in [3.63, 3.8) is 0 Å². The van der Waals surface area contributed by atoms with Gasteiger partial charge in [-0.2, -0.15) is 0 Å². The SMILES string of the molecule is CCc1cccc(C)c1N(CC(=O)N1CCN(c2ncccn2)CC1)C(C)=O. The van der Waals surface area contributed by atoms with Gasteiger partial charge >= 0.3 is 0 Å². The zero-order chi connectivity index (χ0) is 20.1. The second-order valence-corrected chi connectivity index (χ2v) is 6.96. The van der Waals surface area contributed by atoms with E-state index in [1.165, 1.54) is 6.92 Å². The highest BCUT2D eigenvalue weighted by molar-refractivity contribution is 5.98. The summed E-state index contributed by atoms with van der Waals surface area (Å²) in [7, 11) is 0. The fourth-order valence-corrected chi connectivity index (χ4v) is 3.58. The predicted octanol–water partition coefficient (Wildman–Crippen LogP) is 2.05. The van der Waals surface area contributed by atoms with Crippen LogP contribution in [-0.2, 0) is 16.0 Å². The molecule has 1 aromatic heterocycles. The van der Waals surface area contributed by atoms with Crippen molar-refractivity contribution in [1.82, 2.24) is 14.9 Å². The highest BCUT2D eigenvalue weighted by atomic mass is 16.2. The molecule has 7 heteroatoms. The number of piperazine rings is 1. The summed E-state index contributed by atoms with van der Waals surface area (Å²) in [5, 5.41) is 0. The maximum Gasteiger partial charge on any atom is 0.242 e. The molecular weight excluding hydrogens is 354 g/mol. The Morgan fingerprint density at radius 1 is 1.07 bits per heavy atom. The van der Waals surface area contributed by atoms with E-state index in [2.05, 4.69) is 21.8 Å². The largest absolute Gasteiger partial charge is 0.338 e. The molecule has 0 aliphatic carbocycles. The lowest BCUT2D eigenvalue weighted by Gasteiger charge is -2.36. The van der Waals surface area contributed by atoms with Gasteiger partial charge in [0.05, 0.1) is 5.69 Å². The third kappa shape index (κ3) is 4.30. The number of anilines is 2. The maximum atomic E-state index is 12.9. The minimum absolute atomic E-state index is 0.0332. The van der Waals surface area contributed by atoms with Crippen LogP contribution in [0.25, 0.3) is 0 Å². The lowest BCUT2D eigenvalue weighted by molar-refractivity contribution is -0.131. The van der Waals surface area contributed by atoms with Crippen molar-refractivity contribution in [2.24, 2.45) is 0 Å². The van der Waals surface area contributed by atoms with Crippen molar-refractivity contribution < 1.29 is 9.59 Å². The molecule has 1 saturated heterocycles. The van der Waals surface area contributed by atoms with Crippen LogP contribution in [0.2, 0.25) is 0 Å². The lowest BCUT2D eigenvalue weighted by atomic mass is 10.0. The Kier molecular flexibility index (Phi) is 6.23. The minimum atomic E-state index is -0.117. The Bertz CT molecular complexity index is 832. The van der Waals surface area contributed by atoms with Gasteiger partial charge in [-0.1, -0.05) is 25.1 Å². The van der Waals surface area contributed by atoms with Gasteiger partial charge in [-0.15, -0.1) is 0 Å². The van der Waals surface area contributed by atoms with E-state index in [-0.39, 0.29) is 18.4 Å². The molecule has 148 valence electrons. The number of carbonyl (C=O) groups excluding carboxylic acids is 2. The van der Waals surface area contributed by atoms with Crippen molar-refractivity contribution in [3.8, 4) is 0 Å². The number of para-hydroxylation sites is 1. The summed E-state index contributed by atoms with van der Waals surface area (Å²) < 4.78 is 0. The van der Waals surface area contributed by atoms with Crippen LogP contribution < -0.4 is 9.80 Å². The Morgan fingerprint density at radius 2 is 1.75 bits per heavy atom. The van der Waals surface area contributed by atoms with E-state index < -0.39 is 0 Å². The third-order valence-electron chi connectivity index (χ3n) is 5.11. The number of aryl methyl sites for hydroxylation is 2. The van der Waals surface area contributed by atoms with Gasteiger partial charge in [-0.05, 0) is 30.5 Å². The van der Waals surface area contributed by atoms with Crippen LogP contribution in [0.1, 0.15) is 25.0 Å². The van der Waals surface area contributed by atoms with Crippen molar-refractivity contribution in [1.29, 1.82) is 0 Å². The number of amides is 2. The molecule has 1 aliphatic rings. The molecule has 2 aromatic rings.